The van der Waals surface area contributed by atoms with Crippen molar-refractivity contribution < 1.29 is 18.7 Å². The second-order valence-corrected chi connectivity index (χ2v) is 8.17. The van der Waals surface area contributed by atoms with Crippen molar-refractivity contribution in [2.24, 2.45) is 0 Å². The second kappa shape index (κ2) is 10.9. The highest BCUT2D eigenvalue weighted by atomic mass is 32.2. The molecule has 30 heavy (non-hydrogen) atoms. The standard InChI is InChI=1S/C24H27NO4S/c1-4-27-24(26)18(3)30-16-19-9-8-12-21(15-19)28-14-13-22-17(2)29-23(25-22)20-10-6-5-7-11-20/h5-12,15,18H,4,13-14,16H2,1-3H3. The molecular weight excluding hydrogens is 398 g/mol. The first-order valence-electron chi connectivity index (χ1n) is 10.1. The third-order valence-electron chi connectivity index (χ3n) is 4.54. The summed E-state index contributed by atoms with van der Waals surface area (Å²) >= 11 is 1.56. The predicted molar refractivity (Wildman–Crippen MR) is 120 cm³/mol. The quantitative estimate of drug-likeness (QED) is 0.402. The third kappa shape index (κ3) is 6.13. The average Bonchev–Trinajstić information content (AvgIpc) is 3.14. The van der Waals surface area contributed by atoms with Crippen LogP contribution >= 0.6 is 11.8 Å². The van der Waals surface area contributed by atoms with Crippen LogP contribution in [0.15, 0.2) is 59.0 Å². The number of carbonyl (C=O) groups excluding carboxylic acids is 1. The smallest absolute Gasteiger partial charge is 0.318 e. The van der Waals surface area contributed by atoms with E-state index in [9.17, 15) is 4.79 Å². The van der Waals surface area contributed by atoms with Crippen molar-refractivity contribution >= 4 is 17.7 Å². The molecule has 1 atom stereocenters. The Morgan fingerprint density at radius 3 is 2.73 bits per heavy atom. The van der Waals surface area contributed by atoms with Crippen LogP contribution < -0.4 is 4.74 Å². The second-order valence-electron chi connectivity index (χ2n) is 6.84. The Hall–Kier alpha value is -2.73. The van der Waals surface area contributed by atoms with Gasteiger partial charge in [0.1, 0.15) is 11.5 Å². The molecule has 5 nitrogen and oxygen atoms in total. The van der Waals surface area contributed by atoms with E-state index in [1.807, 2.05) is 75.4 Å². The van der Waals surface area contributed by atoms with Crippen molar-refractivity contribution in [3.63, 3.8) is 0 Å². The van der Waals surface area contributed by atoms with Gasteiger partial charge in [-0.15, -0.1) is 11.8 Å². The van der Waals surface area contributed by atoms with Crippen molar-refractivity contribution in [2.45, 2.75) is 38.2 Å². The zero-order chi connectivity index (χ0) is 21.3. The SMILES string of the molecule is CCOC(=O)C(C)SCc1cccc(OCCc2nc(-c3ccccc3)oc2C)c1. The molecule has 1 heterocycles. The van der Waals surface area contributed by atoms with E-state index in [1.54, 1.807) is 11.8 Å². The molecule has 0 aliphatic rings. The molecule has 0 fully saturated rings. The summed E-state index contributed by atoms with van der Waals surface area (Å²) < 4.78 is 16.8. The van der Waals surface area contributed by atoms with Gasteiger partial charge in [-0.25, -0.2) is 4.98 Å². The molecule has 0 aliphatic carbocycles. The Bertz CT molecular complexity index is 955. The largest absolute Gasteiger partial charge is 0.493 e. The molecule has 158 valence electrons. The highest BCUT2D eigenvalue weighted by molar-refractivity contribution is 7.99. The summed E-state index contributed by atoms with van der Waals surface area (Å²) in [4.78, 5) is 16.4. The van der Waals surface area contributed by atoms with E-state index in [1.165, 1.54) is 0 Å². The number of hydrogen-bond donors (Lipinski definition) is 0. The number of ether oxygens (including phenoxy) is 2. The lowest BCUT2D eigenvalue weighted by Crippen LogP contribution is -2.16. The molecule has 0 saturated heterocycles. The van der Waals surface area contributed by atoms with E-state index >= 15 is 0 Å². The maximum Gasteiger partial charge on any atom is 0.318 e. The van der Waals surface area contributed by atoms with Crippen molar-refractivity contribution in [3.8, 4) is 17.2 Å². The molecular formula is C24H27NO4S. The van der Waals surface area contributed by atoms with E-state index in [0.29, 0.717) is 25.5 Å². The summed E-state index contributed by atoms with van der Waals surface area (Å²) in [6, 6.07) is 17.8. The van der Waals surface area contributed by atoms with E-state index in [0.717, 1.165) is 34.1 Å². The first-order valence-corrected chi connectivity index (χ1v) is 11.1. The normalized spacial score (nSPS) is 11.8. The summed E-state index contributed by atoms with van der Waals surface area (Å²) in [6.45, 7) is 6.53. The van der Waals surface area contributed by atoms with Crippen LogP contribution in [0.1, 0.15) is 30.9 Å². The van der Waals surface area contributed by atoms with Crippen molar-refractivity contribution in [1.29, 1.82) is 0 Å². The predicted octanol–water partition coefficient (Wildman–Crippen LogP) is 5.46. The lowest BCUT2D eigenvalue weighted by molar-refractivity contribution is -0.142. The van der Waals surface area contributed by atoms with Crippen LogP contribution in [-0.2, 0) is 21.7 Å². The summed E-state index contributed by atoms with van der Waals surface area (Å²) in [5, 5.41) is -0.191. The maximum absolute atomic E-state index is 11.7. The number of rotatable bonds is 10. The van der Waals surface area contributed by atoms with Gasteiger partial charge in [0.15, 0.2) is 0 Å². The lowest BCUT2D eigenvalue weighted by Gasteiger charge is -2.11. The van der Waals surface area contributed by atoms with Crippen LogP contribution in [0.2, 0.25) is 0 Å². The molecule has 1 aromatic heterocycles. The van der Waals surface area contributed by atoms with Crippen LogP contribution in [0.5, 0.6) is 5.75 Å². The van der Waals surface area contributed by atoms with Gasteiger partial charge in [-0.3, -0.25) is 4.79 Å². The summed E-state index contributed by atoms with van der Waals surface area (Å²) in [5.74, 6) is 2.81. The van der Waals surface area contributed by atoms with Gasteiger partial charge in [-0.1, -0.05) is 30.3 Å². The van der Waals surface area contributed by atoms with Crippen LogP contribution in [0.3, 0.4) is 0 Å². The number of aromatic nitrogens is 1. The molecule has 3 rings (SSSR count). The number of carbonyl (C=O) groups is 1. The van der Waals surface area contributed by atoms with E-state index in [4.69, 9.17) is 13.9 Å². The third-order valence-corrected chi connectivity index (χ3v) is 5.73. The van der Waals surface area contributed by atoms with Gasteiger partial charge < -0.3 is 13.9 Å². The molecule has 0 spiro atoms. The monoisotopic (exact) mass is 425 g/mol. The van der Waals surface area contributed by atoms with Crippen LogP contribution in [0, 0.1) is 6.92 Å². The summed E-state index contributed by atoms with van der Waals surface area (Å²) in [7, 11) is 0. The number of esters is 1. The fourth-order valence-electron chi connectivity index (χ4n) is 2.90. The molecule has 0 N–H and O–H groups in total. The van der Waals surface area contributed by atoms with Crippen molar-refractivity contribution in [1.82, 2.24) is 4.98 Å². The summed E-state index contributed by atoms with van der Waals surface area (Å²) in [6.07, 6.45) is 0.668. The number of benzene rings is 2. The summed E-state index contributed by atoms with van der Waals surface area (Å²) in [5.41, 5.74) is 2.98. The topological polar surface area (TPSA) is 61.6 Å². The van der Waals surface area contributed by atoms with Gasteiger partial charge in [0.05, 0.1) is 24.2 Å². The van der Waals surface area contributed by atoms with Gasteiger partial charge in [-0.05, 0) is 50.6 Å². The zero-order valence-corrected chi connectivity index (χ0v) is 18.4. The number of nitrogens with zero attached hydrogens (tertiary/aromatic N) is 1. The van der Waals surface area contributed by atoms with Crippen LogP contribution in [0.4, 0.5) is 0 Å². The van der Waals surface area contributed by atoms with Gasteiger partial charge >= 0.3 is 5.97 Å². The minimum absolute atomic E-state index is 0.173. The van der Waals surface area contributed by atoms with Crippen LogP contribution in [0.25, 0.3) is 11.5 Å². The van der Waals surface area contributed by atoms with E-state index in [2.05, 4.69) is 4.98 Å². The Morgan fingerprint density at radius 2 is 1.97 bits per heavy atom. The molecule has 0 saturated carbocycles. The van der Waals surface area contributed by atoms with E-state index in [-0.39, 0.29) is 11.2 Å². The Balaban J connectivity index is 1.51. The van der Waals surface area contributed by atoms with Crippen LogP contribution in [-0.4, -0.2) is 29.4 Å². The average molecular weight is 426 g/mol. The maximum atomic E-state index is 11.7. The number of thioether (sulfide) groups is 1. The fraction of sp³-hybridized carbons (Fsp3) is 0.333. The number of hydrogen-bond acceptors (Lipinski definition) is 6. The van der Waals surface area contributed by atoms with Gasteiger partial charge in [0.25, 0.3) is 0 Å². The minimum Gasteiger partial charge on any atom is -0.493 e. The first-order chi connectivity index (χ1) is 14.6. The molecule has 0 amide bonds. The van der Waals surface area contributed by atoms with Crippen molar-refractivity contribution in [3.05, 3.63) is 71.6 Å². The Labute approximate surface area is 181 Å². The first kappa shape index (κ1) is 22.0. The highest BCUT2D eigenvalue weighted by Gasteiger charge is 2.14. The molecule has 6 heteroatoms. The van der Waals surface area contributed by atoms with Crippen molar-refractivity contribution in [2.75, 3.05) is 13.2 Å². The Morgan fingerprint density at radius 1 is 1.17 bits per heavy atom. The zero-order valence-electron chi connectivity index (χ0n) is 17.6. The van der Waals surface area contributed by atoms with Gasteiger partial charge in [0.2, 0.25) is 5.89 Å². The molecule has 0 aliphatic heterocycles. The highest BCUT2D eigenvalue weighted by Crippen LogP contribution is 2.23. The molecule has 0 bridgehead atoms. The molecule has 2 aromatic carbocycles. The van der Waals surface area contributed by atoms with E-state index < -0.39 is 0 Å². The minimum atomic E-state index is -0.191. The van der Waals surface area contributed by atoms with Gasteiger partial charge in [-0.2, -0.15) is 0 Å². The number of oxazole rings is 1. The Kier molecular flexibility index (Phi) is 7.97. The van der Waals surface area contributed by atoms with Gasteiger partial charge in [0, 0.05) is 17.7 Å². The fourth-order valence-corrected chi connectivity index (χ4v) is 3.73. The molecule has 3 aromatic rings. The molecule has 1 unspecified atom stereocenters. The molecule has 0 radical (unpaired) electrons. The lowest BCUT2D eigenvalue weighted by atomic mass is 10.2. The number of aryl methyl sites for hydroxylation is 1.